The summed E-state index contributed by atoms with van der Waals surface area (Å²) < 4.78 is 33.0. The minimum absolute atomic E-state index is 0.310. The van der Waals surface area contributed by atoms with Crippen molar-refractivity contribution in [1.29, 1.82) is 0 Å². The lowest BCUT2D eigenvalue weighted by molar-refractivity contribution is 0.357. The van der Waals surface area contributed by atoms with Gasteiger partial charge in [0.25, 0.3) is 0 Å². The zero-order valence-electron chi connectivity index (χ0n) is 12.0. The van der Waals surface area contributed by atoms with E-state index in [-0.39, 0.29) is 6.04 Å². The van der Waals surface area contributed by atoms with Gasteiger partial charge in [-0.3, -0.25) is 0 Å². The van der Waals surface area contributed by atoms with E-state index < -0.39 is 11.6 Å². The fraction of sp³-hybridized carbons (Fsp3) is 0.294. The highest BCUT2D eigenvalue weighted by Crippen LogP contribution is 2.32. The topological polar surface area (TPSA) is 21.3 Å². The first kappa shape index (κ1) is 14.0. The number of nitrogens with one attached hydrogen (secondary N) is 1. The van der Waals surface area contributed by atoms with Gasteiger partial charge in [-0.25, -0.2) is 8.78 Å². The van der Waals surface area contributed by atoms with Crippen LogP contribution in [0.2, 0.25) is 0 Å². The van der Waals surface area contributed by atoms with Gasteiger partial charge in [-0.15, -0.1) is 0 Å². The molecule has 0 saturated carbocycles. The molecule has 0 amide bonds. The second-order valence-electron chi connectivity index (χ2n) is 5.31. The minimum Gasteiger partial charge on any atom is -0.493 e. The van der Waals surface area contributed by atoms with E-state index in [2.05, 4.69) is 5.32 Å². The van der Waals surface area contributed by atoms with Gasteiger partial charge >= 0.3 is 0 Å². The minimum atomic E-state index is -0.533. The molecule has 2 aromatic carbocycles. The Kier molecular flexibility index (Phi) is 3.64. The van der Waals surface area contributed by atoms with Crippen molar-refractivity contribution in [3.05, 3.63) is 64.2 Å². The molecular weight excluding hydrogens is 272 g/mol. The second-order valence-corrected chi connectivity index (χ2v) is 5.31. The molecule has 110 valence electrons. The van der Waals surface area contributed by atoms with Crippen LogP contribution in [0.15, 0.2) is 30.3 Å². The Labute approximate surface area is 122 Å². The summed E-state index contributed by atoms with van der Waals surface area (Å²) in [6, 6.07) is 8.07. The third-order valence-electron chi connectivity index (χ3n) is 3.92. The lowest BCUT2D eigenvalue weighted by atomic mass is 9.95. The molecule has 2 aromatic rings. The van der Waals surface area contributed by atoms with E-state index in [0.717, 1.165) is 29.4 Å². The molecule has 21 heavy (non-hydrogen) atoms. The number of hydrogen-bond acceptors (Lipinski definition) is 2. The largest absolute Gasteiger partial charge is 0.493 e. The zero-order valence-corrected chi connectivity index (χ0v) is 12.0. The summed E-state index contributed by atoms with van der Waals surface area (Å²) in [6.07, 6.45) is 0.866. The van der Waals surface area contributed by atoms with Gasteiger partial charge < -0.3 is 10.1 Å². The van der Waals surface area contributed by atoms with Crippen LogP contribution in [0.3, 0.4) is 0 Å². The first-order valence-electron chi connectivity index (χ1n) is 6.98. The highest BCUT2D eigenvalue weighted by molar-refractivity contribution is 5.44. The fourth-order valence-corrected chi connectivity index (χ4v) is 2.79. The highest BCUT2D eigenvalue weighted by Gasteiger charge is 2.20. The lowest BCUT2D eigenvalue weighted by Gasteiger charge is -2.19. The molecule has 0 aliphatic carbocycles. The maximum absolute atomic E-state index is 14.1. The average molecular weight is 289 g/mol. The van der Waals surface area contributed by atoms with Crippen molar-refractivity contribution in [2.24, 2.45) is 0 Å². The molecule has 1 heterocycles. The Bertz CT molecular complexity index is 685. The van der Waals surface area contributed by atoms with Gasteiger partial charge in [-0.2, -0.15) is 0 Å². The molecule has 1 atom stereocenters. The van der Waals surface area contributed by atoms with Crippen LogP contribution in [0.1, 0.15) is 28.3 Å². The quantitative estimate of drug-likeness (QED) is 0.933. The van der Waals surface area contributed by atoms with Crippen LogP contribution >= 0.6 is 0 Å². The van der Waals surface area contributed by atoms with Crippen molar-refractivity contribution in [3.63, 3.8) is 0 Å². The summed E-state index contributed by atoms with van der Waals surface area (Å²) in [5, 5.41) is 3.11. The first-order valence-corrected chi connectivity index (χ1v) is 6.98. The predicted octanol–water partition coefficient (Wildman–Crippen LogP) is 3.52. The number of ether oxygens (including phenoxy) is 1. The van der Waals surface area contributed by atoms with Crippen molar-refractivity contribution >= 4 is 0 Å². The van der Waals surface area contributed by atoms with Crippen LogP contribution in [0, 0.1) is 18.6 Å². The molecule has 3 rings (SSSR count). The summed E-state index contributed by atoms with van der Waals surface area (Å²) in [7, 11) is 1.77. The number of hydrogen-bond donors (Lipinski definition) is 1. The van der Waals surface area contributed by atoms with Crippen molar-refractivity contribution in [3.8, 4) is 5.75 Å². The predicted molar refractivity (Wildman–Crippen MR) is 77.6 cm³/mol. The standard InChI is InChI=1S/C17H17F2NO/c1-10-7-13(15(19)9-14(10)18)17(20-2)12-3-4-16-11(8-12)5-6-21-16/h3-4,7-9,17,20H,5-6H2,1-2H3. The van der Waals surface area contributed by atoms with E-state index in [9.17, 15) is 8.78 Å². The smallest absolute Gasteiger partial charge is 0.131 e. The fourth-order valence-electron chi connectivity index (χ4n) is 2.79. The Balaban J connectivity index is 2.04. The number of rotatable bonds is 3. The second kappa shape index (κ2) is 5.45. The molecule has 1 aliphatic rings. The van der Waals surface area contributed by atoms with Gasteiger partial charge in [0.05, 0.1) is 12.6 Å². The van der Waals surface area contributed by atoms with E-state index in [0.29, 0.717) is 17.7 Å². The van der Waals surface area contributed by atoms with Gasteiger partial charge in [0, 0.05) is 18.1 Å². The maximum atomic E-state index is 14.1. The van der Waals surface area contributed by atoms with E-state index in [1.54, 1.807) is 20.0 Å². The zero-order chi connectivity index (χ0) is 15.0. The lowest BCUT2D eigenvalue weighted by Crippen LogP contribution is -2.19. The number of halogens is 2. The molecular formula is C17H17F2NO. The molecule has 0 aromatic heterocycles. The Morgan fingerprint density at radius 1 is 1.14 bits per heavy atom. The third kappa shape index (κ3) is 2.51. The van der Waals surface area contributed by atoms with E-state index in [1.165, 1.54) is 0 Å². The van der Waals surface area contributed by atoms with Gasteiger partial charge in [0.2, 0.25) is 0 Å². The van der Waals surface area contributed by atoms with Gasteiger partial charge in [-0.05, 0) is 42.8 Å². The Hall–Kier alpha value is -1.94. The van der Waals surface area contributed by atoms with Crippen molar-refractivity contribution in [2.45, 2.75) is 19.4 Å². The normalized spacial score (nSPS) is 14.7. The van der Waals surface area contributed by atoms with Crippen LogP contribution in [-0.2, 0) is 6.42 Å². The molecule has 0 spiro atoms. The molecule has 1 N–H and O–H groups in total. The SMILES string of the molecule is CNC(c1ccc2c(c1)CCO2)c1cc(C)c(F)cc1F. The molecule has 1 unspecified atom stereocenters. The number of fused-ring (bicyclic) bond motifs is 1. The van der Waals surface area contributed by atoms with Gasteiger partial charge in [0.15, 0.2) is 0 Å². The van der Waals surface area contributed by atoms with Crippen molar-refractivity contribution < 1.29 is 13.5 Å². The molecule has 0 fully saturated rings. The molecule has 0 bridgehead atoms. The van der Waals surface area contributed by atoms with Crippen LogP contribution in [-0.4, -0.2) is 13.7 Å². The molecule has 2 nitrogen and oxygen atoms in total. The van der Waals surface area contributed by atoms with Crippen molar-refractivity contribution in [1.82, 2.24) is 5.32 Å². The molecule has 4 heteroatoms. The molecule has 0 saturated heterocycles. The number of benzene rings is 2. The van der Waals surface area contributed by atoms with E-state index >= 15 is 0 Å². The number of aryl methyl sites for hydroxylation is 1. The van der Waals surface area contributed by atoms with E-state index in [4.69, 9.17) is 4.74 Å². The average Bonchev–Trinajstić information content (AvgIpc) is 2.92. The summed E-state index contributed by atoms with van der Waals surface area (Å²) in [6.45, 7) is 2.33. The first-order chi connectivity index (χ1) is 10.1. The third-order valence-corrected chi connectivity index (χ3v) is 3.92. The van der Waals surface area contributed by atoms with Gasteiger partial charge in [0.1, 0.15) is 17.4 Å². The van der Waals surface area contributed by atoms with Crippen LogP contribution in [0.25, 0.3) is 0 Å². The summed E-state index contributed by atoms with van der Waals surface area (Å²) >= 11 is 0. The monoisotopic (exact) mass is 289 g/mol. The van der Waals surface area contributed by atoms with Crippen LogP contribution in [0.4, 0.5) is 8.78 Å². The highest BCUT2D eigenvalue weighted by atomic mass is 19.1. The molecule has 1 aliphatic heterocycles. The van der Waals surface area contributed by atoms with Crippen LogP contribution in [0.5, 0.6) is 5.75 Å². The molecule has 0 radical (unpaired) electrons. The van der Waals surface area contributed by atoms with Gasteiger partial charge in [-0.1, -0.05) is 12.1 Å². The summed E-state index contributed by atoms with van der Waals surface area (Å²) in [5.74, 6) is -0.160. The Morgan fingerprint density at radius 2 is 1.95 bits per heavy atom. The van der Waals surface area contributed by atoms with Crippen molar-refractivity contribution in [2.75, 3.05) is 13.7 Å². The Morgan fingerprint density at radius 3 is 2.71 bits per heavy atom. The maximum Gasteiger partial charge on any atom is 0.131 e. The van der Waals surface area contributed by atoms with Crippen LogP contribution < -0.4 is 10.1 Å². The summed E-state index contributed by atoms with van der Waals surface area (Å²) in [5.41, 5.74) is 2.98. The van der Waals surface area contributed by atoms with E-state index in [1.807, 2.05) is 18.2 Å². The summed E-state index contributed by atoms with van der Waals surface area (Å²) in [4.78, 5) is 0.